The Morgan fingerprint density at radius 2 is 2.21 bits per heavy atom. The van der Waals surface area contributed by atoms with E-state index < -0.39 is 0 Å². The van der Waals surface area contributed by atoms with E-state index in [4.69, 9.17) is 9.47 Å². The van der Waals surface area contributed by atoms with E-state index in [0.717, 1.165) is 16.8 Å². The van der Waals surface area contributed by atoms with Gasteiger partial charge in [-0.3, -0.25) is 4.98 Å². The van der Waals surface area contributed by atoms with Crippen LogP contribution in [0.1, 0.15) is 16.7 Å². The topological polar surface area (TPSA) is 63.7 Å². The molecule has 2 amide bonds. The van der Waals surface area contributed by atoms with Crippen LogP contribution >= 0.6 is 0 Å². The van der Waals surface area contributed by atoms with Gasteiger partial charge in [0.2, 0.25) is 0 Å². The number of nitrogens with zero attached hydrogens (tertiary/aromatic N) is 2. The number of amides is 2. The lowest BCUT2D eigenvalue weighted by molar-refractivity contribution is 0.134. The predicted octanol–water partition coefficient (Wildman–Crippen LogP) is 2.79. The molecule has 0 spiro atoms. The first kappa shape index (κ1) is 16.4. The van der Waals surface area contributed by atoms with Crippen LogP contribution in [0.2, 0.25) is 0 Å². The number of benzene rings is 1. The number of aromatic nitrogens is 1. The molecule has 1 N–H and O–H groups in total. The number of fused-ring (bicyclic) bond motifs is 1. The molecule has 0 saturated carbocycles. The molecule has 0 fully saturated rings. The van der Waals surface area contributed by atoms with Crippen LogP contribution in [-0.2, 0) is 29.2 Å². The number of urea groups is 1. The number of anilines is 1. The molecular formula is C18H21N3O3. The Bertz CT molecular complexity index is 691. The van der Waals surface area contributed by atoms with Gasteiger partial charge in [0.1, 0.15) is 0 Å². The molecule has 24 heavy (non-hydrogen) atoms. The second-order valence-corrected chi connectivity index (χ2v) is 5.68. The summed E-state index contributed by atoms with van der Waals surface area (Å²) >= 11 is 0. The average Bonchev–Trinajstić information content (AvgIpc) is 3.07. The van der Waals surface area contributed by atoms with E-state index in [9.17, 15) is 4.79 Å². The Morgan fingerprint density at radius 3 is 3.00 bits per heavy atom. The number of hydrogen-bond acceptors (Lipinski definition) is 4. The van der Waals surface area contributed by atoms with Gasteiger partial charge in [0, 0.05) is 38.3 Å². The fraction of sp³-hybridized carbons (Fsp3) is 0.333. The van der Waals surface area contributed by atoms with E-state index in [2.05, 4.69) is 10.3 Å². The van der Waals surface area contributed by atoms with Gasteiger partial charge in [-0.2, -0.15) is 0 Å². The number of pyridine rings is 1. The van der Waals surface area contributed by atoms with Crippen LogP contribution in [0.15, 0.2) is 42.7 Å². The molecule has 6 heteroatoms. The van der Waals surface area contributed by atoms with Crippen molar-refractivity contribution in [3.8, 4) is 0 Å². The highest BCUT2D eigenvalue weighted by molar-refractivity contribution is 5.89. The van der Waals surface area contributed by atoms with Crippen molar-refractivity contribution in [2.45, 2.75) is 19.8 Å². The van der Waals surface area contributed by atoms with Crippen molar-refractivity contribution in [2.75, 3.05) is 25.6 Å². The zero-order chi connectivity index (χ0) is 16.8. The average molecular weight is 327 g/mol. The number of hydrogen-bond donors (Lipinski definition) is 1. The number of carbonyl (C=O) groups is 1. The van der Waals surface area contributed by atoms with Gasteiger partial charge in [0.05, 0.1) is 19.8 Å². The fourth-order valence-electron chi connectivity index (χ4n) is 2.62. The highest BCUT2D eigenvalue weighted by atomic mass is 16.5. The number of rotatable bonds is 6. The second-order valence-electron chi connectivity index (χ2n) is 5.68. The Morgan fingerprint density at radius 1 is 1.33 bits per heavy atom. The van der Waals surface area contributed by atoms with Crippen molar-refractivity contribution in [3.63, 3.8) is 0 Å². The van der Waals surface area contributed by atoms with E-state index in [1.165, 1.54) is 5.56 Å². The molecular weight excluding hydrogens is 306 g/mol. The summed E-state index contributed by atoms with van der Waals surface area (Å²) in [7, 11) is 1.63. The van der Waals surface area contributed by atoms with Gasteiger partial charge in [0.15, 0.2) is 0 Å². The van der Waals surface area contributed by atoms with E-state index in [-0.39, 0.29) is 6.03 Å². The van der Waals surface area contributed by atoms with Gasteiger partial charge in [-0.15, -0.1) is 0 Å². The molecule has 1 aliphatic heterocycles. The Kier molecular flexibility index (Phi) is 5.40. The summed E-state index contributed by atoms with van der Waals surface area (Å²) in [5, 5.41) is 2.96. The summed E-state index contributed by atoms with van der Waals surface area (Å²) in [6, 6.07) is 9.53. The third kappa shape index (κ3) is 4.10. The summed E-state index contributed by atoms with van der Waals surface area (Å²) in [4.78, 5) is 18.4. The number of methoxy groups -OCH3 is 1. The molecule has 0 radical (unpaired) electrons. The first-order chi connectivity index (χ1) is 11.8. The van der Waals surface area contributed by atoms with Crippen LogP contribution < -0.4 is 5.32 Å². The van der Waals surface area contributed by atoms with Crippen molar-refractivity contribution in [1.29, 1.82) is 0 Å². The molecule has 1 aromatic heterocycles. The lowest BCUT2D eigenvalue weighted by Crippen LogP contribution is -2.36. The lowest BCUT2D eigenvalue weighted by Gasteiger charge is -2.23. The van der Waals surface area contributed by atoms with E-state index in [0.29, 0.717) is 32.9 Å². The minimum absolute atomic E-state index is 0.158. The smallest absolute Gasteiger partial charge is 0.322 e. The standard InChI is InChI=1S/C18H21N3O3/c1-23-8-7-21(11-14-3-2-6-19-10-14)18(22)20-17-5-4-15-12-24-13-16(15)9-17/h2-6,9-10H,7-8,11-13H2,1H3,(H,20,22). The van der Waals surface area contributed by atoms with Crippen molar-refractivity contribution in [2.24, 2.45) is 0 Å². The molecule has 2 aromatic rings. The van der Waals surface area contributed by atoms with Gasteiger partial charge in [0.25, 0.3) is 0 Å². The van der Waals surface area contributed by atoms with Crippen molar-refractivity contribution < 1.29 is 14.3 Å². The van der Waals surface area contributed by atoms with E-state index in [1.807, 2.05) is 30.3 Å². The maximum Gasteiger partial charge on any atom is 0.322 e. The number of nitrogens with one attached hydrogen (secondary N) is 1. The van der Waals surface area contributed by atoms with Gasteiger partial charge in [-0.1, -0.05) is 12.1 Å². The van der Waals surface area contributed by atoms with Crippen molar-refractivity contribution in [3.05, 3.63) is 59.4 Å². The largest absolute Gasteiger partial charge is 0.383 e. The Labute approximate surface area is 141 Å². The van der Waals surface area contributed by atoms with Gasteiger partial charge >= 0.3 is 6.03 Å². The number of ether oxygens (including phenoxy) is 2. The maximum atomic E-state index is 12.6. The monoisotopic (exact) mass is 327 g/mol. The normalized spacial score (nSPS) is 12.7. The zero-order valence-corrected chi connectivity index (χ0v) is 13.7. The van der Waals surface area contributed by atoms with Crippen LogP contribution in [0.3, 0.4) is 0 Å². The zero-order valence-electron chi connectivity index (χ0n) is 13.7. The highest BCUT2D eigenvalue weighted by Gasteiger charge is 2.16. The van der Waals surface area contributed by atoms with Gasteiger partial charge in [-0.05, 0) is 34.9 Å². The minimum Gasteiger partial charge on any atom is -0.383 e. The molecule has 0 unspecified atom stereocenters. The maximum absolute atomic E-state index is 12.6. The van der Waals surface area contributed by atoms with Crippen molar-refractivity contribution in [1.82, 2.24) is 9.88 Å². The Balaban J connectivity index is 1.68. The summed E-state index contributed by atoms with van der Waals surface area (Å²) in [5.74, 6) is 0. The quantitative estimate of drug-likeness (QED) is 0.886. The molecule has 1 aromatic carbocycles. The number of carbonyl (C=O) groups excluding carboxylic acids is 1. The molecule has 0 bridgehead atoms. The molecule has 0 aliphatic carbocycles. The fourth-order valence-corrected chi connectivity index (χ4v) is 2.62. The molecule has 1 aliphatic rings. The van der Waals surface area contributed by atoms with Gasteiger partial charge in [-0.25, -0.2) is 4.79 Å². The molecule has 6 nitrogen and oxygen atoms in total. The predicted molar refractivity (Wildman–Crippen MR) is 90.5 cm³/mol. The van der Waals surface area contributed by atoms with Crippen LogP contribution in [0.5, 0.6) is 0 Å². The molecule has 126 valence electrons. The first-order valence-corrected chi connectivity index (χ1v) is 7.89. The lowest BCUT2D eigenvalue weighted by atomic mass is 10.1. The van der Waals surface area contributed by atoms with Crippen LogP contribution in [0.4, 0.5) is 10.5 Å². The Hall–Kier alpha value is -2.44. The third-order valence-electron chi connectivity index (χ3n) is 3.92. The highest BCUT2D eigenvalue weighted by Crippen LogP contribution is 2.23. The summed E-state index contributed by atoms with van der Waals surface area (Å²) in [6.07, 6.45) is 3.48. The SMILES string of the molecule is COCCN(Cc1cccnc1)C(=O)Nc1ccc2c(c1)COC2. The minimum atomic E-state index is -0.158. The summed E-state index contributed by atoms with van der Waals surface area (Å²) in [5.41, 5.74) is 4.06. The van der Waals surface area contributed by atoms with E-state index >= 15 is 0 Å². The third-order valence-corrected chi connectivity index (χ3v) is 3.92. The van der Waals surface area contributed by atoms with Crippen molar-refractivity contribution >= 4 is 11.7 Å². The summed E-state index contributed by atoms with van der Waals surface area (Å²) in [6.45, 7) is 2.71. The van der Waals surface area contributed by atoms with E-state index in [1.54, 1.807) is 24.4 Å². The van der Waals surface area contributed by atoms with Gasteiger partial charge < -0.3 is 19.7 Å². The second kappa shape index (κ2) is 7.90. The summed E-state index contributed by atoms with van der Waals surface area (Å²) < 4.78 is 10.5. The van der Waals surface area contributed by atoms with Crippen LogP contribution in [-0.4, -0.2) is 36.2 Å². The molecule has 2 heterocycles. The molecule has 0 saturated heterocycles. The molecule has 3 rings (SSSR count). The molecule has 0 atom stereocenters. The van der Waals surface area contributed by atoms with Crippen LogP contribution in [0.25, 0.3) is 0 Å². The van der Waals surface area contributed by atoms with Crippen LogP contribution in [0, 0.1) is 0 Å². The first-order valence-electron chi connectivity index (χ1n) is 7.89.